The average molecular weight is 378 g/mol. The van der Waals surface area contributed by atoms with E-state index in [-0.39, 0.29) is 18.1 Å². The highest BCUT2D eigenvalue weighted by atomic mass is 16.5. The molecule has 0 bridgehead atoms. The number of benzene rings is 2. The number of methoxy groups -OCH3 is 1. The lowest BCUT2D eigenvalue weighted by molar-refractivity contribution is -0.0227. The molecule has 0 spiro atoms. The number of amides is 1. The van der Waals surface area contributed by atoms with Crippen molar-refractivity contribution in [2.45, 2.75) is 26.0 Å². The summed E-state index contributed by atoms with van der Waals surface area (Å²) < 4.78 is 13.5. The van der Waals surface area contributed by atoms with E-state index < -0.39 is 0 Å². The van der Waals surface area contributed by atoms with Gasteiger partial charge in [-0.2, -0.15) is 0 Å². The first-order valence-corrected chi connectivity index (χ1v) is 9.73. The number of hydrogen-bond acceptors (Lipinski definition) is 3. The van der Waals surface area contributed by atoms with Gasteiger partial charge in [-0.25, -0.2) is 0 Å². The van der Waals surface area contributed by atoms with Gasteiger partial charge >= 0.3 is 0 Å². The Bertz CT molecular complexity index is 978. The van der Waals surface area contributed by atoms with Crippen LogP contribution in [-0.2, 0) is 4.74 Å². The summed E-state index contributed by atoms with van der Waals surface area (Å²) in [6.45, 7) is 5.94. The summed E-state index contributed by atoms with van der Waals surface area (Å²) in [5.74, 6) is 0.800. The third-order valence-electron chi connectivity index (χ3n) is 5.35. The van der Waals surface area contributed by atoms with Crippen LogP contribution >= 0.6 is 0 Å². The van der Waals surface area contributed by atoms with Crippen LogP contribution in [0.4, 0.5) is 0 Å². The van der Waals surface area contributed by atoms with Crippen molar-refractivity contribution in [3.8, 4) is 5.75 Å². The van der Waals surface area contributed by atoms with Gasteiger partial charge < -0.3 is 18.9 Å². The van der Waals surface area contributed by atoms with Crippen molar-refractivity contribution in [1.82, 2.24) is 9.47 Å². The van der Waals surface area contributed by atoms with Crippen LogP contribution in [0.3, 0.4) is 0 Å². The minimum absolute atomic E-state index is 0.0434. The molecule has 0 aliphatic carbocycles. The Labute approximate surface area is 165 Å². The van der Waals surface area contributed by atoms with Crippen molar-refractivity contribution < 1.29 is 14.3 Å². The maximum absolute atomic E-state index is 13.4. The molecule has 1 amide bonds. The van der Waals surface area contributed by atoms with Gasteiger partial charge in [0.1, 0.15) is 11.9 Å². The summed E-state index contributed by atoms with van der Waals surface area (Å²) in [5, 5.41) is 0.931. The van der Waals surface area contributed by atoms with Gasteiger partial charge in [-0.05, 0) is 37.6 Å². The molecule has 1 aromatic heterocycles. The maximum atomic E-state index is 13.4. The number of aromatic nitrogens is 1. The van der Waals surface area contributed by atoms with Crippen LogP contribution < -0.4 is 4.74 Å². The van der Waals surface area contributed by atoms with E-state index in [1.807, 2.05) is 59.6 Å². The van der Waals surface area contributed by atoms with Crippen LogP contribution in [0.1, 0.15) is 41.9 Å². The Morgan fingerprint density at radius 2 is 1.96 bits per heavy atom. The number of rotatable bonds is 4. The molecule has 5 nitrogen and oxygen atoms in total. The second-order valence-corrected chi connectivity index (χ2v) is 7.45. The van der Waals surface area contributed by atoms with Gasteiger partial charge in [0.05, 0.1) is 25.8 Å². The smallest absolute Gasteiger partial charge is 0.256 e. The van der Waals surface area contributed by atoms with Crippen molar-refractivity contribution in [2.75, 3.05) is 26.8 Å². The molecule has 28 heavy (non-hydrogen) atoms. The summed E-state index contributed by atoms with van der Waals surface area (Å²) in [6, 6.07) is 16.3. The third-order valence-corrected chi connectivity index (χ3v) is 5.35. The van der Waals surface area contributed by atoms with Crippen LogP contribution in [0.5, 0.6) is 5.75 Å². The number of hydrogen-bond donors (Lipinski definition) is 0. The molecule has 0 radical (unpaired) electrons. The minimum atomic E-state index is -0.0908. The zero-order valence-corrected chi connectivity index (χ0v) is 16.6. The lowest BCUT2D eigenvalue weighted by atomic mass is 10.1. The first-order valence-electron chi connectivity index (χ1n) is 9.73. The fourth-order valence-corrected chi connectivity index (χ4v) is 3.83. The average Bonchev–Trinajstić information content (AvgIpc) is 3.13. The highest BCUT2D eigenvalue weighted by molar-refractivity contribution is 6.07. The summed E-state index contributed by atoms with van der Waals surface area (Å²) >= 11 is 0. The molecular weight excluding hydrogens is 352 g/mol. The van der Waals surface area contributed by atoms with Gasteiger partial charge in [0.25, 0.3) is 5.91 Å². The zero-order chi connectivity index (χ0) is 19.7. The molecule has 146 valence electrons. The molecule has 1 aliphatic rings. The molecule has 1 unspecified atom stereocenters. The number of carbonyl (C=O) groups excluding carboxylic acids is 1. The SMILES string of the molecule is COc1ccc2c(c1)c(C(=O)N1CCOC(c3ccccc3)C1)cn2C(C)C. The molecule has 0 saturated carbocycles. The number of ether oxygens (including phenoxy) is 2. The Hall–Kier alpha value is -2.79. The van der Waals surface area contributed by atoms with E-state index in [2.05, 4.69) is 18.4 Å². The van der Waals surface area contributed by atoms with Crippen LogP contribution in [-0.4, -0.2) is 42.2 Å². The molecule has 0 N–H and O–H groups in total. The fraction of sp³-hybridized carbons (Fsp3) is 0.348. The van der Waals surface area contributed by atoms with Gasteiger partial charge in [-0.3, -0.25) is 4.79 Å². The summed E-state index contributed by atoms with van der Waals surface area (Å²) in [5.41, 5.74) is 2.87. The number of fused-ring (bicyclic) bond motifs is 1. The van der Waals surface area contributed by atoms with E-state index in [1.165, 1.54) is 0 Å². The molecule has 1 saturated heterocycles. The van der Waals surface area contributed by atoms with E-state index in [9.17, 15) is 4.79 Å². The zero-order valence-electron chi connectivity index (χ0n) is 16.6. The van der Waals surface area contributed by atoms with Crippen LogP contribution in [0.25, 0.3) is 10.9 Å². The predicted octanol–water partition coefficient (Wildman–Crippen LogP) is 4.44. The Kier molecular flexibility index (Phi) is 5.09. The second-order valence-electron chi connectivity index (χ2n) is 7.45. The van der Waals surface area contributed by atoms with Crippen LogP contribution in [0.15, 0.2) is 54.7 Å². The fourth-order valence-electron chi connectivity index (χ4n) is 3.83. The van der Waals surface area contributed by atoms with E-state index in [1.54, 1.807) is 7.11 Å². The highest BCUT2D eigenvalue weighted by Crippen LogP contribution is 2.30. The van der Waals surface area contributed by atoms with Crippen molar-refractivity contribution in [1.29, 1.82) is 0 Å². The molecule has 4 rings (SSSR count). The minimum Gasteiger partial charge on any atom is -0.497 e. The number of nitrogens with zero attached hydrogens (tertiary/aromatic N) is 2. The largest absolute Gasteiger partial charge is 0.497 e. The van der Waals surface area contributed by atoms with Crippen LogP contribution in [0, 0.1) is 0 Å². The summed E-state index contributed by atoms with van der Waals surface area (Å²) in [6.07, 6.45) is 1.89. The van der Waals surface area contributed by atoms with Gasteiger partial charge in [-0.1, -0.05) is 30.3 Å². The normalized spacial score (nSPS) is 17.3. The second kappa shape index (κ2) is 7.68. The molecule has 5 heteroatoms. The molecular formula is C23H26N2O3. The van der Waals surface area contributed by atoms with Gasteiger partial charge in [0.15, 0.2) is 0 Å². The van der Waals surface area contributed by atoms with E-state index in [0.29, 0.717) is 19.7 Å². The molecule has 2 heterocycles. The summed E-state index contributed by atoms with van der Waals surface area (Å²) in [7, 11) is 1.65. The number of carbonyl (C=O) groups is 1. The molecule has 3 aromatic rings. The van der Waals surface area contributed by atoms with Crippen molar-refractivity contribution >= 4 is 16.8 Å². The van der Waals surface area contributed by atoms with E-state index in [4.69, 9.17) is 9.47 Å². The van der Waals surface area contributed by atoms with Crippen molar-refractivity contribution in [2.24, 2.45) is 0 Å². The lowest BCUT2D eigenvalue weighted by Crippen LogP contribution is -2.42. The van der Waals surface area contributed by atoms with Gasteiger partial charge in [-0.15, -0.1) is 0 Å². The van der Waals surface area contributed by atoms with Gasteiger partial charge in [0.2, 0.25) is 0 Å². The number of morpholine rings is 1. The first-order chi connectivity index (χ1) is 13.6. The maximum Gasteiger partial charge on any atom is 0.256 e. The molecule has 1 fully saturated rings. The first kappa shape index (κ1) is 18.6. The third kappa shape index (κ3) is 3.38. The Balaban J connectivity index is 1.68. The van der Waals surface area contributed by atoms with Crippen molar-refractivity contribution in [3.05, 3.63) is 65.9 Å². The molecule has 1 aliphatic heterocycles. The van der Waals surface area contributed by atoms with Crippen LogP contribution in [0.2, 0.25) is 0 Å². The Morgan fingerprint density at radius 1 is 1.18 bits per heavy atom. The monoisotopic (exact) mass is 378 g/mol. The topological polar surface area (TPSA) is 43.7 Å². The highest BCUT2D eigenvalue weighted by Gasteiger charge is 2.28. The molecule has 2 aromatic carbocycles. The van der Waals surface area contributed by atoms with Gasteiger partial charge in [0, 0.05) is 29.7 Å². The van der Waals surface area contributed by atoms with E-state index in [0.717, 1.165) is 27.8 Å². The predicted molar refractivity (Wildman–Crippen MR) is 110 cm³/mol. The molecule has 1 atom stereocenters. The Morgan fingerprint density at radius 3 is 2.68 bits per heavy atom. The van der Waals surface area contributed by atoms with E-state index >= 15 is 0 Å². The van der Waals surface area contributed by atoms with Crippen molar-refractivity contribution in [3.63, 3.8) is 0 Å². The standard InChI is InChI=1S/C23H26N2O3/c1-16(2)25-14-20(19-13-18(27-3)9-10-21(19)25)23(26)24-11-12-28-22(15-24)17-7-5-4-6-8-17/h4-10,13-14,16,22H,11-12,15H2,1-3H3. The quantitative estimate of drug-likeness (QED) is 0.674. The summed E-state index contributed by atoms with van der Waals surface area (Å²) in [4.78, 5) is 15.3. The lowest BCUT2D eigenvalue weighted by Gasteiger charge is -2.33.